The third-order valence-electron chi connectivity index (χ3n) is 0.808. The van der Waals surface area contributed by atoms with E-state index in [0.29, 0.717) is 0 Å². The molecule has 0 radical (unpaired) electrons. The van der Waals surface area contributed by atoms with Gasteiger partial charge < -0.3 is 5.73 Å². The van der Waals surface area contributed by atoms with Gasteiger partial charge in [0.2, 0.25) is 0 Å². The van der Waals surface area contributed by atoms with E-state index in [4.69, 9.17) is 5.73 Å². The van der Waals surface area contributed by atoms with Gasteiger partial charge in [0, 0.05) is 0 Å². The van der Waals surface area contributed by atoms with Crippen LogP contribution in [0, 0.1) is 0 Å². The van der Waals surface area contributed by atoms with E-state index in [9.17, 15) is 0 Å². The fraction of sp³-hybridized carbons (Fsp3) is 1.00. The van der Waals surface area contributed by atoms with Crippen molar-refractivity contribution < 1.29 is 0 Å². The smallest absolute Gasteiger partial charge is 0.101 e. The van der Waals surface area contributed by atoms with Gasteiger partial charge in [-0.2, -0.15) is 0 Å². The second kappa shape index (κ2) is 9.58. The molecule has 0 aliphatic heterocycles. The van der Waals surface area contributed by atoms with Crippen molar-refractivity contribution in [2.45, 2.75) is 19.2 Å². The van der Waals surface area contributed by atoms with Crippen LogP contribution in [0.15, 0.2) is 0 Å². The minimum atomic E-state index is 0. The lowest BCUT2D eigenvalue weighted by atomic mass is 10.0. The van der Waals surface area contributed by atoms with Crippen LogP contribution in [0.3, 0.4) is 0 Å². The molecular weight excluding hydrogens is 108 g/mol. The number of hydrogen-bond donors (Lipinski definition) is 1. The monoisotopic (exact) mass is 121 g/mol. The molecule has 0 unspecified atom stereocenters. The molecule has 0 aromatic carbocycles. The highest BCUT2D eigenvalue weighted by Gasteiger charge is 1.75. The predicted molar refractivity (Wildman–Crippen MR) is 38.9 cm³/mol. The summed E-state index contributed by atoms with van der Waals surface area (Å²) in [6, 6.07) is 0. The number of hydrogen-bond acceptors (Lipinski definition) is 1. The van der Waals surface area contributed by atoms with Gasteiger partial charge in [-0.15, -0.1) is 12.4 Å². The van der Waals surface area contributed by atoms with Gasteiger partial charge in [-0.3, -0.25) is 0 Å². The van der Waals surface area contributed by atoms with Crippen molar-refractivity contribution in [3.63, 3.8) is 0 Å². The molecule has 7 heavy (non-hydrogen) atoms. The van der Waals surface area contributed by atoms with Crippen molar-refractivity contribution in [2.75, 3.05) is 6.54 Å². The number of unbranched alkanes of at least 4 members (excludes halogenated alkanes) is 1. The first kappa shape index (κ1) is 10.3. The van der Waals surface area contributed by atoms with E-state index in [1.54, 1.807) is 0 Å². The Morgan fingerprint density at radius 3 is 2.00 bits per heavy atom. The Bertz CT molecular complexity index is 23.7. The summed E-state index contributed by atoms with van der Waals surface area (Å²) in [4.78, 5) is 0. The number of nitrogens with two attached hydrogens (primary N) is 1. The van der Waals surface area contributed by atoms with E-state index < -0.39 is 0 Å². The van der Waals surface area contributed by atoms with Crippen LogP contribution in [-0.4, -0.2) is 14.4 Å². The highest BCUT2D eigenvalue weighted by Crippen LogP contribution is 1.86. The second-order valence-electron chi connectivity index (χ2n) is 1.50. The van der Waals surface area contributed by atoms with Crippen LogP contribution < -0.4 is 5.73 Å². The standard InChI is InChI=1S/C4H12BN.ClH/c5-3-1-2-4-6;/h1-6H2;1H. The average Bonchev–Trinajstić information content (AvgIpc) is 1.61. The lowest BCUT2D eigenvalue weighted by molar-refractivity contribution is 0.806. The Kier molecular flexibility index (Phi) is 14.1. The van der Waals surface area contributed by atoms with Crippen LogP contribution in [0.2, 0.25) is 6.32 Å². The van der Waals surface area contributed by atoms with Gasteiger partial charge in [0.1, 0.15) is 7.85 Å². The zero-order chi connectivity index (χ0) is 4.83. The third-order valence-corrected chi connectivity index (χ3v) is 0.808. The highest BCUT2D eigenvalue weighted by atomic mass is 35.5. The van der Waals surface area contributed by atoms with Gasteiger partial charge in [0.05, 0.1) is 0 Å². The van der Waals surface area contributed by atoms with Gasteiger partial charge in [0.15, 0.2) is 0 Å². The van der Waals surface area contributed by atoms with Gasteiger partial charge >= 0.3 is 0 Å². The van der Waals surface area contributed by atoms with Gasteiger partial charge in [-0.1, -0.05) is 12.7 Å². The van der Waals surface area contributed by atoms with Crippen molar-refractivity contribution in [3.05, 3.63) is 0 Å². The molecule has 0 saturated carbocycles. The summed E-state index contributed by atoms with van der Waals surface area (Å²) < 4.78 is 0. The molecular formula is C4H13BClN. The van der Waals surface area contributed by atoms with Crippen molar-refractivity contribution in [3.8, 4) is 0 Å². The Hall–Kier alpha value is 0.315. The first-order chi connectivity index (χ1) is 2.91. The summed E-state index contributed by atoms with van der Waals surface area (Å²) in [6.07, 6.45) is 3.75. The number of halogens is 1. The second-order valence-corrected chi connectivity index (χ2v) is 1.50. The van der Waals surface area contributed by atoms with Crippen LogP contribution in [0.25, 0.3) is 0 Å². The van der Waals surface area contributed by atoms with Crippen LogP contribution >= 0.6 is 12.4 Å². The van der Waals surface area contributed by atoms with E-state index in [1.807, 2.05) is 0 Å². The molecule has 0 aliphatic rings. The molecule has 2 N–H and O–H groups in total. The molecule has 0 saturated heterocycles. The molecule has 0 amide bonds. The maximum atomic E-state index is 5.21. The van der Waals surface area contributed by atoms with Crippen molar-refractivity contribution >= 4 is 20.3 Å². The molecule has 0 heterocycles. The average molecular weight is 121 g/mol. The molecule has 0 spiro atoms. The normalized spacial score (nSPS) is 7.57. The molecule has 0 aliphatic carbocycles. The van der Waals surface area contributed by atoms with E-state index in [2.05, 4.69) is 7.85 Å². The first-order valence-electron chi connectivity index (χ1n) is 2.62. The van der Waals surface area contributed by atoms with E-state index in [1.165, 1.54) is 19.2 Å². The van der Waals surface area contributed by atoms with Crippen LogP contribution in [0.4, 0.5) is 0 Å². The summed E-state index contributed by atoms with van der Waals surface area (Å²) in [5.41, 5.74) is 5.21. The Morgan fingerprint density at radius 2 is 1.86 bits per heavy atom. The maximum Gasteiger partial charge on any atom is 0.101 e. The minimum absolute atomic E-state index is 0. The molecule has 44 valence electrons. The van der Waals surface area contributed by atoms with Crippen molar-refractivity contribution in [2.24, 2.45) is 5.73 Å². The van der Waals surface area contributed by atoms with E-state index in [-0.39, 0.29) is 12.4 Å². The zero-order valence-electron chi connectivity index (χ0n) is 4.81. The van der Waals surface area contributed by atoms with Gasteiger partial charge in [-0.25, -0.2) is 0 Å². The first-order valence-corrected chi connectivity index (χ1v) is 2.62. The summed E-state index contributed by atoms with van der Waals surface area (Å²) in [7, 11) is 2.18. The maximum absolute atomic E-state index is 5.21. The molecule has 0 aromatic rings. The molecule has 0 bridgehead atoms. The van der Waals surface area contributed by atoms with E-state index in [0.717, 1.165) is 6.54 Å². The summed E-state index contributed by atoms with van der Waals surface area (Å²) in [6.45, 7) is 0.855. The zero-order valence-corrected chi connectivity index (χ0v) is 5.63. The lowest BCUT2D eigenvalue weighted by Crippen LogP contribution is -1.96. The van der Waals surface area contributed by atoms with Crippen LogP contribution in [0.1, 0.15) is 12.8 Å². The Morgan fingerprint density at radius 1 is 1.29 bits per heavy atom. The molecule has 3 heteroatoms. The van der Waals surface area contributed by atoms with Gasteiger partial charge in [-0.05, 0) is 13.0 Å². The Labute approximate surface area is 52.5 Å². The summed E-state index contributed by atoms with van der Waals surface area (Å²) >= 11 is 0. The summed E-state index contributed by atoms with van der Waals surface area (Å²) in [5, 5.41) is 0. The molecule has 0 fully saturated rings. The Balaban J connectivity index is 0. The fourth-order valence-corrected chi connectivity index (χ4v) is 0.394. The van der Waals surface area contributed by atoms with Crippen LogP contribution in [-0.2, 0) is 0 Å². The highest BCUT2D eigenvalue weighted by molar-refractivity contribution is 6.08. The molecule has 1 nitrogen and oxygen atoms in total. The topological polar surface area (TPSA) is 26.0 Å². The quantitative estimate of drug-likeness (QED) is 0.419. The number of rotatable bonds is 3. The van der Waals surface area contributed by atoms with Crippen molar-refractivity contribution in [1.82, 2.24) is 0 Å². The van der Waals surface area contributed by atoms with Gasteiger partial charge in [0.25, 0.3) is 0 Å². The van der Waals surface area contributed by atoms with E-state index >= 15 is 0 Å². The predicted octanol–water partition coefficient (Wildman–Crippen LogP) is 0.199. The van der Waals surface area contributed by atoms with Crippen molar-refractivity contribution in [1.29, 1.82) is 0 Å². The van der Waals surface area contributed by atoms with Crippen LogP contribution in [0.5, 0.6) is 0 Å². The summed E-state index contributed by atoms with van der Waals surface area (Å²) in [5.74, 6) is 0. The lowest BCUT2D eigenvalue weighted by Gasteiger charge is -1.86. The molecule has 0 atom stereocenters. The third kappa shape index (κ3) is 10.7. The molecule has 0 aromatic heterocycles. The SMILES string of the molecule is BCCCCN.Cl. The minimum Gasteiger partial charge on any atom is -0.330 e. The largest absolute Gasteiger partial charge is 0.330 e. The fourth-order valence-electron chi connectivity index (χ4n) is 0.394. The molecule has 0 rings (SSSR count).